The normalized spacial score (nSPS) is 10.6. The zero-order valence-corrected chi connectivity index (χ0v) is 7.79. The number of rotatable bonds is 2. The monoisotopic (exact) mass is 176 g/mol. The van der Waals surface area contributed by atoms with Crippen molar-refractivity contribution < 1.29 is 4.74 Å². The molecule has 1 heterocycles. The van der Waals surface area contributed by atoms with Gasteiger partial charge in [-0.2, -0.15) is 0 Å². The Hall–Kier alpha value is -1.51. The molecule has 0 atom stereocenters. The highest BCUT2D eigenvalue weighted by atomic mass is 16.5. The van der Waals surface area contributed by atoms with Crippen LogP contribution in [0.4, 0.5) is 0 Å². The molecule has 0 fully saturated rings. The quantitative estimate of drug-likeness (QED) is 0.762. The van der Waals surface area contributed by atoms with Gasteiger partial charge in [0.05, 0.1) is 17.6 Å². The summed E-state index contributed by atoms with van der Waals surface area (Å²) in [4.78, 5) is 7.47. The fraction of sp³-hybridized carbons (Fsp3) is 0.300. The van der Waals surface area contributed by atoms with E-state index in [1.165, 1.54) is 0 Å². The molecule has 68 valence electrons. The summed E-state index contributed by atoms with van der Waals surface area (Å²) in [5, 5.41) is 0. The fourth-order valence-electron chi connectivity index (χ4n) is 1.37. The van der Waals surface area contributed by atoms with Crippen LogP contribution in [0.2, 0.25) is 0 Å². The summed E-state index contributed by atoms with van der Waals surface area (Å²) in [6.07, 6.45) is 0. The second-order valence-corrected chi connectivity index (χ2v) is 2.93. The first-order valence-corrected chi connectivity index (χ1v) is 4.39. The number of ether oxygens (including phenoxy) is 1. The lowest BCUT2D eigenvalue weighted by Gasteiger charge is -2.00. The highest BCUT2D eigenvalue weighted by Crippen LogP contribution is 2.18. The molecule has 0 unspecified atom stereocenters. The number of H-pyrrole nitrogens is 1. The molecule has 0 aliphatic rings. The lowest BCUT2D eigenvalue weighted by molar-refractivity contribution is 0.340. The zero-order valence-electron chi connectivity index (χ0n) is 7.79. The smallest absolute Gasteiger partial charge is 0.121 e. The summed E-state index contributed by atoms with van der Waals surface area (Å²) in [6.45, 7) is 4.61. The number of imidazole rings is 1. The summed E-state index contributed by atoms with van der Waals surface area (Å²) in [5.74, 6) is 1.82. The SMILES string of the molecule is CCOc1ccc2nc(C)[nH]c2c1. The summed E-state index contributed by atoms with van der Waals surface area (Å²) in [5.41, 5.74) is 2.02. The molecule has 1 aromatic heterocycles. The molecule has 2 rings (SSSR count). The van der Waals surface area contributed by atoms with Crippen LogP contribution in [0.15, 0.2) is 18.2 Å². The third-order valence-electron chi connectivity index (χ3n) is 1.88. The van der Waals surface area contributed by atoms with E-state index in [1.54, 1.807) is 0 Å². The predicted octanol–water partition coefficient (Wildman–Crippen LogP) is 2.27. The summed E-state index contributed by atoms with van der Waals surface area (Å²) < 4.78 is 5.38. The van der Waals surface area contributed by atoms with E-state index < -0.39 is 0 Å². The molecule has 0 amide bonds. The maximum Gasteiger partial charge on any atom is 0.121 e. The van der Waals surface area contributed by atoms with Gasteiger partial charge in [-0.1, -0.05) is 0 Å². The molecular formula is C10H12N2O. The van der Waals surface area contributed by atoms with Gasteiger partial charge in [0, 0.05) is 6.07 Å². The van der Waals surface area contributed by atoms with Crippen molar-refractivity contribution >= 4 is 11.0 Å². The van der Waals surface area contributed by atoms with E-state index in [4.69, 9.17) is 4.74 Å². The minimum atomic E-state index is 0.693. The Bertz CT molecular complexity index is 420. The van der Waals surface area contributed by atoms with Crippen LogP contribution in [-0.4, -0.2) is 16.6 Å². The molecule has 0 saturated heterocycles. The molecule has 0 aliphatic heterocycles. The second kappa shape index (κ2) is 3.09. The molecule has 0 radical (unpaired) electrons. The largest absolute Gasteiger partial charge is 0.494 e. The standard InChI is InChI=1S/C10H12N2O/c1-3-13-8-4-5-9-10(6-8)12-7(2)11-9/h4-6H,3H2,1-2H3,(H,11,12). The first kappa shape index (κ1) is 8.10. The van der Waals surface area contributed by atoms with Crippen molar-refractivity contribution in [3.8, 4) is 5.75 Å². The van der Waals surface area contributed by atoms with Gasteiger partial charge in [0.2, 0.25) is 0 Å². The molecule has 0 aliphatic carbocycles. The highest BCUT2D eigenvalue weighted by Gasteiger charge is 2.00. The van der Waals surface area contributed by atoms with Crippen LogP contribution in [0.1, 0.15) is 12.7 Å². The number of hydrogen-bond donors (Lipinski definition) is 1. The van der Waals surface area contributed by atoms with Gasteiger partial charge >= 0.3 is 0 Å². The molecule has 3 nitrogen and oxygen atoms in total. The Morgan fingerprint density at radius 3 is 3.08 bits per heavy atom. The first-order valence-electron chi connectivity index (χ1n) is 4.39. The van der Waals surface area contributed by atoms with E-state index >= 15 is 0 Å². The number of benzene rings is 1. The number of aromatic nitrogens is 2. The van der Waals surface area contributed by atoms with Crippen molar-refractivity contribution in [1.29, 1.82) is 0 Å². The van der Waals surface area contributed by atoms with Crippen LogP contribution in [0.3, 0.4) is 0 Å². The summed E-state index contributed by atoms with van der Waals surface area (Å²) in [7, 11) is 0. The van der Waals surface area contributed by atoms with Crippen LogP contribution in [0.25, 0.3) is 11.0 Å². The van der Waals surface area contributed by atoms with Crippen molar-refractivity contribution in [1.82, 2.24) is 9.97 Å². The molecule has 0 bridgehead atoms. The van der Waals surface area contributed by atoms with Gasteiger partial charge in [0.1, 0.15) is 11.6 Å². The Balaban J connectivity index is 2.48. The lowest BCUT2D eigenvalue weighted by atomic mass is 10.3. The van der Waals surface area contributed by atoms with E-state index in [0.717, 1.165) is 22.6 Å². The Morgan fingerprint density at radius 2 is 2.31 bits per heavy atom. The van der Waals surface area contributed by atoms with Gasteiger partial charge in [-0.05, 0) is 26.0 Å². The number of fused-ring (bicyclic) bond motifs is 1. The van der Waals surface area contributed by atoms with Gasteiger partial charge < -0.3 is 9.72 Å². The van der Waals surface area contributed by atoms with Gasteiger partial charge in [-0.3, -0.25) is 0 Å². The molecule has 13 heavy (non-hydrogen) atoms. The number of aromatic amines is 1. The van der Waals surface area contributed by atoms with Crippen LogP contribution in [0, 0.1) is 6.92 Å². The van der Waals surface area contributed by atoms with Gasteiger partial charge in [0.25, 0.3) is 0 Å². The van der Waals surface area contributed by atoms with Crippen molar-refractivity contribution in [2.24, 2.45) is 0 Å². The topological polar surface area (TPSA) is 37.9 Å². The van der Waals surface area contributed by atoms with E-state index in [-0.39, 0.29) is 0 Å². The van der Waals surface area contributed by atoms with E-state index in [2.05, 4.69) is 9.97 Å². The van der Waals surface area contributed by atoms with Gasteiger partial charge in [-0.25, -0.2) is 4.98 Å². The summed E-state index contributed by atoms with van der Waals surface area (Å²) >= 11 is 0. The maximum absolute atomic E-state index is 5.38. The molecule has 0 spiro atoms. The molecule has 1 N–H and O–H groups in total. The van der Waals surface area contributed by atoms with Crippen LogP contribution >= 0.6 is 0 Å². The third-order valence-corrected chi connectivity index (χ3v) is 1.88. The van der Waals surface area contributed by atoms with Crippen molar-refractivity contribution in [2.75, 3.05) is 6.61 Å². The molecule has 3 heteroatoms. The molecule has 0 saturated carbocycles. The van der Waals surface area contributed by atoms with E-state index in [9.17, 15) is 0 Å². The predicted molar refractivity (Wildman–Crippen MR) is 52.0 cm³/mol. The van der Waals surface area contributed by atoms with Crippen molar-refractivity contribution in [2.45, 2.75) is 13.8 Å². The van der Waals surface area contributed by atoms with Crippen LogP contribution in [0.5, 0.6) is 5.75 Å². The van der Waals surface area contributed by atoms with Crippen molar-refractivity contribution in [3.63, 3.8) is 0 Å². The third kappa shape index (κ3) is 1.49. The first-order chi connectivity index (χ1) is 6.29. The maximum atomic E-state index is 5.38. The highest BCUT2D eigenvalue weighted by molar-refractivity contribution is 5.76. The second-order valence-electron chi connectivity index (χ2n) is 2.93. The molecule has 2 aromatic rings. The van der Waals surface area contributed by atoms with Gasteiger partial charge in [-0.15, -0.1) is 0 Å². The zero-order chi connectivity index (χ0) is 9.26. The number of nitrogens with one attached hydrogen (secondary N) is 1. The number of nitrogens with zero attached hydrogens (tertiary/aromatic N) is 1. The summed E-state index contributed by atoms with van der Waals surface area (Å²) in [6, 6.07) is 5.87. The Morgan fingerprint density at radius 1 is 1.46 bits per heavy atom. The Kier molecular flexibility index (Phi) is 1.93. The minimum Gasteiger partial charge on any atom is -0.494 e. The van der Waals surface area contributed by atoms with Crippen LogP contribution < -0.4 is 4.74 Å². The van der Waals surface area contributed by atoms with E-state index in [1.807, 2.05) is 32.0 Å². The van der Waals surface area contributed by atoms with E-state index in [0.29, 0.717) is 6.61 Å². The average Bonchev–Trinajstić information content (AvgIpc) is 2.44. The average molecular weight is 176 g/mol. The van der Waals surface area contributed by atoms with Gasteiger partial charge in [0.15, 0.2) is 0 Å². The molecule has 1 aromatic carbocycles. The van der Waals surface area contributed by atoms with Crippen molar-refractivity contribution in [3.05, 3.63) is 24.0 Å². The lowest BCUT2D eigenvalue weighted by Crippen LogP contribution is -1.90. The number of hydrogen-bond acceptors (Lipinski definition) is 2. The number of aryl methyl sites for hydroxylation is 1. The fourth-order valence-corrected chi connectivity index (χ4v) is 1.37. The van der Waals surface area contributed by atoms with Crippen LogP contribution in [-0.2, 0) is 0 Å². The molecular weight excluding hydrogens is 164 g/mol. The Labute approximate surface area is 76.8 Å². The minimum absolute atomic E-state index is 0.693.